The van der Waals surface area contributed by atoms with Gasteiger partial charge in [0.1, 0.15) is 5.82 Å². The molecule has 0 saturated carbocycles. The Morgan fingerprint density at radius 3 is 2.62 bits per heavy atom. The van der Waals surface area contributed by atoms with Crippen molar-refractivity contribution in [2.75, 3.05) is 0 Å². The lowest BCUT2D eigenvalue weighted by molar-refractivity contribution is 0.0967. The van der Waals surface area contributed by atoms with Crippen molar-refractivity contribution < 1.29 is 9.18 Å². The van der Waals surface area contributed by atoms with Crippen LogP contribution in [0.1, 0.15) is 15.9 Å². The maximum absolute atomic E-state index is 14.0. The number of para-hydroxylation sites is 1. The van der Waals surface area contributed by atoms with E-state index >= 15 is 0 Å². The van der Waals surface area contributed by atoms with E-state index in [0.717, 1.165) is 43.7 Å². The van der Waals surface area contributed by atoms with Gasteiger partial charge in [-0.3, -0.25) is 4.79 Å². The van der Waals surface area contributed by atoms with Crippen LogP contribution in [0.25, 0.3) is 43.6 Å². The summed E-state index contributed by atoms with van der Waals surface area (Å²) >= 11 is 6.02. The fourth-order valence-electron chi connectivity index (χ4n) is 4.24. The number of aromatic nitrogens is 2. The third-order valence-corrected chi connectivity index (χ3v) is 5.59. The molecule has 3 N–H and O–H groups in total. The second-order valence-corrected chi connectivity index (χ2v) is 7.05. The van der Waals surface area contributed by atoms with E-state index in [4.69, 9.17) is 11.6 Å². The highest BCUT2D eigenvalue weighted by Crippen LogP contribution is 2.42. The van der Waals surface area contributed by atoms with Crippen molar-refractivity contribution in [3.05, 3.63) is 58.4 Å². The Labute approximate surface area is 150 Å². The van der Waals surface area contributed by atoms with Crippen molar-refractivity contribution in [3.8, 4) is 0 Å². The number of nitrogens with one attached hydrogen (secondary N) is 3. The van der Waals surface area contributed by atoms with Crippen molar-refractivity contribution in [1.82, 2.24) is 15.3 Å². The molecule has 1 aliphatic heterocycles. The standard InChI is InChI=1S/C20H11ClFN3O/c21-11-5-9-14(6-12(11)22)25-19-16(9)17-10(7-23-20(17)26)15-8-3-1-2-4-13(8)24-18(15)19/h1-6,24-25H,7H2,(H,23,26). The second kappa shape index (κ2) is 4.56. The largest absolute Gasteiger partial charge is 0.353 e. The van der Waals surface area contributed by atoms with E-state index in [-0.39, 0.29) is 10.9 Å². The highest BCUT2D eigenvalue weighted by Gasteiger charge is 2.29. The Morgan fingerprint density at radius 2 is 1.73 bits per heavy atom. The first-order valence-electron chi connectivity index (χ1n) is 8.27. The number of amides is 1. The molecule has 1 amide bonds. The van der Waals surface area contributed by atoms with Crippen LogP contribution in [0.3, 0.4) is 0 Å². The molecule has 26 heavy (non-hydrogen) atoms. The summed E-state index contributed by atoms with van der Waals surface area (Å²) in [6, 6.07) is 11.0. The van der Waals surface area contributed by atoms with Gasteiger partial charge in [-0.05, 0) is 23.8 Å². The fraction of sp³-hybridized carbons (Fsp3) is 0.0500. The van der Waals surface area contributed by atoms with E-state index in [1.165, 1.54) is 6.07 Å². The Bertz CT molecular complexity index is 1430. The number of rotatable bonds is 0. The van der Waals surface area contributed by atoms with Crippen LogP contribution >= 0.6 is 11.6 Å². The number of carbonyl (C=O) groups excluding carboxylic acids is 1. The molecule has 0 atom stereocenters. The van der Waals surface area contributed by atoms with Crippen LogP contribution < -0.4 is 5.32 Å². The summed E-state index contributed by atoms with van der Waals surface area (Å²) < 4.78 is 14.0. The van der Waals surface area contributed by atoms with Crippen LogP contribution in [0.15, 0.2) is 36.4 Å². The number of H-pyrrole nitrogens is 2. The third-order valence-electron chi connectivity index (χ3n) is 5.30. The van der Waals surface area contributed by atoms with Crippen molar-refractivity contribution in [2.24, 2.45) is 0 Å². The first-order valence-corrected chi connectivity index (χ1v) is 8.65. The van der Waals surface area contributed by atoms with Gasteiger partial charge in [0.15, 0.2) is 0 Å². The van der Waals surface area contributed by atoms with E-state index in [0.29, 0.717) is 17.6 Å². The van der Waals surface area contributed by atoms with Gasteiger partial charge >= 0.3 is 0 Å². The maximum atomic E-state index is 14.0. The lowest BCUT2D eigenvalue weighted by Gasteiger charge is -2.04. The number of aromatic amines is 2. The Kier molecular flexibility index (Phi) is 2.48. The molecule has 0 fully saturated rings. The van der Waals surface area contributed by atoms with Crippen LogP contribution in [-0.4, -0.2) is 15.9 Å². The first kappa shape index (κ1) is 14.2. The first-order chi connectivity index (χ1) is 12.6. The Hall–Kier alpha value is -3.05. The highest BCUT2D eigenvalue weighted by molar-refractivity contribution is 6.34. The van der Waals surface area contributed by atoms with Crippen LogP contribution in [0.2, 0.25) is 5.02 Å². The Morgan fingerprint density at radius 1 is 0.962 bits per heavy atom. The monoisotopic (exact) mass is 363 g/mol. The molecule has 126 valence electrons. The van der Waals surface area contributed by atoms with Gasteiger partial charge < -0.3 is 15.3 Å². The number of halogens is 2. The molecule has 0 aliphatic carbocycles. The molecule has 0 saturated heterocycles. The molecule has 3 heterocycles. The molecular weight excluding hydrogens is 353 g/mol. The van der Waals surface area contributed by atoms with Gasteiger partial charge in [-0.15, -0.1) is 0 Å². The van der Waals surface area contributed by atoms with E-state index in [9.17, 15) is 9.18 Å². The van der Waals surface area contributed by atoms with E-state index < -0.39 is 5.82 Å². The zero-order valence-electron chi connectivity index (χ0n) is 13.3. The van der Waals surface area contributed by atoms with Crippen LogP contribution in [0.4, 0.5) is 4.39 Å². The number of benzene rings is 3. The topological polar surface area (TPSA) is 60.7 Å². The lowest BCUT2D eigenvalue weighted by atomic mass is 9.97. The summed E-state index contributed by atoms with van der Waals surface area (Å²) in [7, 11) is 0. The average molecular weight is 364 g/mol. The fourth-order valence-corrected chi connectivity index (χ4v) is 4.40. The molecule has 0 spiro atoms. The molecule has 6 heteroatoms. The number of hydrogen-bond acceptors (Lipinski definition) is 1. The van der Waals surface area contributed by atoms with Gasteiger partial charge in [0, 0.05) is 39.1 Å². The average Bonchev–Trinajstić information content (AvgIpc) is 3.29. The van der Waals surface area contributed by atoms with Gasteiger partial charge in [-0.2, -0.15) is 0 Å². The molecule has 1 aliphatic rings. The summed E-state index contributed by atoms with van der Waals surface area (Å²) in [5.41, 5.74) is 4.95. The maximum Gasteiger partial charge on any atom is 0.252 e. The van der Waals surface area contributed by atoms with Crippen molar-refractivity contribution in [2.45, 2.75) is 6.54 Å². The third kappa shape index (κ3) is 1.57. The van der Waals surface area contributed by atoms with E-state index in [1.807, 2.05) is 24.3 Å². The van der Waals surface area contributed by atoms with Gasteiger partial charge in [0.25, 0.3) is 5.91 Å². The Balaban J connectivity index is 1.97. The van der Waals surface area contributed by atoms with E-state index in [1.54, 1.807) is 6.07 Å². The minimum atomic E-state index is -0.486. The van der Waals surface area contributed by atoms with Crippen LogP contribution in [-0.2, 0) is 6.54 Å². The zero-order chi connectivity index (χ0) is 17.6. The summed E-state index contributed by atoms with van der Waals surface area (Å²) in [6.07, 6.45) is 0. The smallest absolute Gasteiger partial charge is 0.252 e. The minimum Gasteiger partial charge on any atom is -0.353 e. The second-order valence-electron chi connectivity index (χ2n) is 6.64. The predicted molar refractivity (Wildman–Crippen MR) is 101 cm³/mol. The van der Waals surface area contributed by atoms with Crippen molar-refractivity contribution in [3.63, 3.8) is 0 Å². The molecule has 4 nitrogen and oxygen atoms in total. The molecule has 3 aromatic carbocycles. The van der Waals surface area contributed by atoms with Crippen molar-refractivity contribution in [1.29, 1.82) is 0 Å². The summed E-state index contributed by atoms with van der Waals surface area (Å²) in [5, 5.41) is 6.60. The number of fused-ring (bicyclic) bond motifs is 10. The minimum absolute atomic E-state index is 0.0438. The van der Waals surface area contributed by atoms with E-state index in [2.05, 4.69) is 15.3 Å². The van der Waals surface area contributed by atoms with Gasteiger partial charge in [-0.1, -0.05) is 29.8 Å². The van der Waals surface area contributed by atoms with Crippen LogP contribution in [0, 0.1) is 5.82 Å². The summed E-state index contributed by atoms with van der Waals surface area (Å²) in [5.74, 6) is -0.599. The molecule has 5 aromatic rings. The molecule has 0 radical (unpaired) electrons. The van der Waals surface area contributed by atoms with Crippen molar-refractivity contribution >= 4 is 61.1 Å². The predicted octanol–water partition coefficient (Wildman–Crippen LogP) is 4.99. The summed E-state index contributed by atoms with van der Waals surface area (Å²) in [6.45, 7) is 0.476. The molecule has 0 unspecified atom stereocenters. The SMILES string of the molecule is O=C1NCc2c1c1c3cc(Cl)c(F)cc3[nH]c1c1[nH]c3ccccc3c21. The normalized spacial score (nSPS) is 14.0. The van der Waals surface area contributed by atoms with Gasteiger partial charge in [0.05, 0.1) is 21.6 Å². The quantitative estimate of drug-likeness (QED) is 0.356. The molecule has 6 rings (SSSR count). The zero-order valence-corrected chi connectivity index (χ0v) is 14.1. The lowest BCUT2D eigenvalue weighted by Crippen LogP contribution is -2.12. The van der Waals surface area contributed by atoms with Gasteiger partial charge in [-0.25, -0.2) is 4.39 Å². The summed E-state index contributed by atoms with van der Waals surface area (Å²) in [4.78, 5) is 19.4. The number of hydrogen-bond donors (Lipinski definition) is 3. The number of carbonyl (C=O) groups is 1. The highest BCUT2D eigenvalue weighted by atomic mass is 35.5. The molecular formula is C20H11ClFN3O. The van der Waals surface area contributed by atoms with Gasteiger partial charge in [0.2, 0.25) is 0 Å². The molecule has 0 bridgehead atoms. The van der Waals surface area contributed by atoms with Crippen LogP contribution in [0.5, 0.6) is 0 Å². The molecule has 2 aromatic heterocycles.